The van der Waals surface area contributed by atoms with Crippen LogP contribution < -0.4 is 0 Å². The van der Waals surface area contributed by atoms with Crippen molar-refractivity contribution in [1.82, 2.24) is 0 Å². The Labute approximate surface area is 155 Å². The molecule has 0 spiro atoms. The van der Waals surface area contributed by atoms with Crippen molar-refractivity contribution in [2.45, 2.75) is 80.3 Å². The molecule has 0 heterocycles. The van der Waals surface area contributed by atoms with E-state index in [1.807, 2.05) is 14.1 Å². The predicted molar refractivity (Wildman–Crippen MR) is 102 cm³/mol. The van der Waals surface area contributed by atoms with Crippen molar-refractivity contribution >= 4 is 0 Å². The molecule has 0 aromatic carbocycles. The minimum Gasteiger partial charge on any atom is -0.665 e. The van der Waals surface area contributed by atoms with Crippen LogP contribution in [-0.4, -0.2) is 38.3 Å². The number of hydrogen-bond acceptors (Lipinski definition) is 2. The molecule has 0 amide bonds. The fourth-order valence-electron chi connectivity index (χ4n) is 0.996. The van der Waals surface area contributed by atoms with Crippen LogP contribution in [-0.2, 0) is 18.2 Å². The average Bonchev–Trinajstić information content (AvgIpc) is 2.26. The molecule has 5 heteroatoms. The van der Waals surface area contributed by atoms with Crippen LogP contribution in [0.2, 0.25) is 0 Å². The number of rotatable bonds is 4. The zero-order valence-corrected chi connectivity index (χ0v) is 19.8. The summed E-state index contributed by atoms with van der Waals surface area (Å²) in [5.74, 6) is 1.46. The molecule has 4 nitrogen and oxygen atoms in total. The zero-order chi connectivity index (χ0) is 19.1. The van der Waals surface area contributed by atoms with Gasteiger partial charge in [0, 0.05) is 0 Å². The van der Waals surface area contributed by atoms with Crippen LogP contribution in [0.25, 0.3) is 10.6 Å². The van der Waals surface area contributed by atoms with E-state index in [-0.39, 0.29) is 11.1 Å². The maximum absolute atomic E-state index is 4.51. The molecule has 0 rings (SSSR count). The van der Waals surface area contributed by atoms with Crippen LogP contribution in [0.3, 0.4) is 0 Å². The van der Waals surface area contributed by atoms with Gasteiger partial charge in [-0.25, -0.2) is 0 Å². The van der Waals surface area contributed by atoms with Crippen molar-refractivity contribution < 1.29 is 18.2 Å². The smallest absolute Gasteiger partial charge is 0.0644 e. The Morgan fingerprint density at radius 3 is 1.04 bits per heavy atom. The van der Waals surface area contributed by atoms with Gasteiger partial charge in [0.05, 0.1) is 0 Å². The van der Waals surface area contributed by atoms with Crippen molar-refractivity contribution in [3.63, 3.8) is 0 Å². The van der Waals surface area contributed by atoms with Gasteiger partial charge in [-0.1, -0.05) is 39.5 Å². The zero-order valence-electron chi connectivity index (χ0n) is 17.8. The molecule has 0 aliphatic carbocycles. The fraction of sp³-hybridized carbons (Fsp3) is 1.00. The van der Waals surface area contributed by atoms with Crippen molar-refractivity contribution in [2.75, 3.05) is 27.2 Å². The molecule has 0 unspecified atom stereocenters. The minimum absolute atomic E-state index is 0.108. The maximum atomic E-state index is 4.51. The van der Waals surface area contributed by atoms with Gasteiger partial charge in [-0.2, -0.15) is 14.1 Å². The molecule has 0 aliphatic heterocycles. The van der Waals surface area contributed by atoms with Gasteiger partial charge in [0.25, 0.3) is 0 Å². The van der Waals surface area contributed by atoms with E-state index in [2.05, 4.69) is 86.9 Å². The molecule has 0 fully saturated rings. The number of hydrogen-bond donors (Lipinski definition) is 0. The topological polar surface area (TPSA) is 52.9 Å². The molecule has 0 N–H and O–H groups in total. The van der Waals surface area contributed by atoms with Crippen molar-refractivity contribution in [3.8, 4) is 0 Å². The minimum atomic E-state index is -0.473. The van der Waals surface area contributed by atoms with Crippen molar-refractivity contribution in [1.29, 1.82) is 0 Å². The first kappa shape index (κ1) is 28.0. The summed E-state index contributed by atoms with van der Waals surface area (Å²) in [5, 5.41) is 7.87. The SMILES string of the molecule is CC(C)(C)[N]=[Mo+2]=[N]C(C)(C)C.C[N-]CC(C)C.C[N-]CC(C)C. The van der Waals surface area contributed by atoms with Crippen molar-refractivity contribution in [3.05, 3.63) is 10.6 Å². The molecule has 0 aromatic heterocycles. The van der Waals surface area contributed by atoms with E-state index in [1.54, 1.807) is 0 Å². The van der Waals surface area contributed by atoms with Gasteiger partial charge >= 0.3 is 77.8 Å². The Kier molecular flexibility index (Phi) is 19.2. The molecule has 0 aliphatic rings. The summed E-state index contributed by atoms with van der Waals surface area (Å²) in [5.41, 5.74) is 0.216. The molecule has 0 bridgehead atoms. The van der Waals surface area contributed by atoms with Gasteiger partial charge in [-0.3, -0.25) is 0 Å². The molecule has 0 saturated carbocycles. The molecule has 0 saturated heterocycles. The van der Waals surface area contributed by atoms with Crippen LogP contribution in [0, 0.1) is 11.8 Å². The predicted octanol–water partition coefficient (Wildman–Crippen LogP) is 6.32. The second kappa shape index (κ2) is 15.7. The third-order valence-electron chi connectivity index (χ3n) is 1.72. The normalized spacial score (nSPS) is 11.0. The first-order valence-corrected chi connectivity index (χ1v) is 10.3. The van der Waals surface area contributed by atoms with Crippen LogP contribution in [0.15, 0.2) is 6.99 Å². The standard InChI is InChI=1S/2C5H12N.2C4H9N.Mo/c2*1-5(2)4-6-3;2*1-4(2,3)5;/h2*5H,4H2,1-3H3;2*1-3H3;/q2*-1;;;+2. The summed E-state index contributed by atoms with van der Waals surface area (Å²) in [6.45, 7) is 23.4. The summed E-state index contributed by atoms with van der Waals surface area (Å²) in [6, 6.07) is 0. The van der Waals surface area contributed by atoms with E-state index in [0.717, 1.165) is 24.9 Å². The van der Waals surface area contributed by atoms with Crippen LogP contribution >= 0.6 is 0 Å². The summed E-state index contributed by atoms with van der Waals surface area (Å²) in [7, 11) is 3.69. The Bertz CT molecular complexity index is 278. The first-order chi connectivity index (χ1) is 10.2. The Morgan fingerprint density at radius 2 is 0.957 bits per heavy atom. The summed E-state index contributed by atoms with van der Waals surface area (Å²) in [6.07, 6.45) is 0. The molecule has 140 valence electrons. The van der Waals surface area contributed by atoms with Gasteiger partial charge in [0.1, 0.15) is 0 Å². The van der Waals surface area contributed by atoms with Crippen LogP contribution in [0.5, 0.6) is 0 Å². The Hall–Kier alpha value is 0.208. The molecule has 23 heavy (non-hydrogen) atoms. The maximum Gasteiger partial charge on any atom is -0.0644 e. The second-order valence-corrected chi connectivity index (χ2v) is 9.69. The fourth-order valence-corrected chi connectivity index (χ4v) is 2.30. The van der Waals surface area contributed by atoms with Gasteiger partial charge in [0.2, 0.25) is 0 Å². The monoisotopic (exact) mass is 412 g/mol. The van der Waals surface area contributed by atoms with E-state index in [1.165, 1.54) is 0 Å². The number of nitrogens with zero attached hydrogens (tertiary/aromatic N) is 4. The van der Waals surface area contributed by atoms with Gasteiger partial charge < -0.3 is 10.6 Å². The third-order valence-corrected chi connectivity index (χ3v) is 4.82. The molecule has 0 atom stereocenters. The molecular formula is C18H42MoN4. The quantitative estimate of drug-likeness (QED) is 0.487. The Balaban J connectivity index is -0.000000284. The van der Waals surface area contributed by atoms with E-state index in [9.17, 15) is 0 Å². The van der Waals surface area contributed by atoms with E-state index in [4.69, 9.17) is 0 Å². The molecule has 0 radical (unpaired) electrons. The van der Waals surface area contributed by atoms with Gasteiger partial charge in [0.15, 0.2) is 0 Å². The first-order valence-electron chi connectivity index (χ1n) is 8.47. The third kappa shape index (κ3) is 44.9. The second-order valence-electron chi connectivity index (χ2n) is 8.39. The van der Waals surface area contributed by atoms with E-state index in [0.29, 0.717) is 0 Å². The van der Waals surface area contributed by atoms with E-state index >= 15 is 0 Å². The summed E-state index contributed by atoms with van der Waals surface area (Å²) in [4.78, 5) is 0. The molecular weight excluding hydrogens is 368 g/mol. The summed E-state index contributed by atoms with van der Waals surface area (Å²) < 4.78 is 9.01. The average molecular weight is 411 g/mol. The van der Waals surface area contributed by atoms with Crippen molar-refractivity contribution in [2.24, 2.45) is 18.8 Å². The van der Waals surface area contributed by atoms with Gasteiger partial charge in [-0.05, 0) is 0 Å². The van der Waals surface area contributed by atoms with Gasteiger partial charge in [-0.15, -0.1) is 13.1 Å². The van der Waals surface area contributed by atoms with Crippen LogP contribution in [0.1, 0.15) is 69.2 Å². The Morgan fingerprint density at radius 1 is 0.696 bits per heavy atom. The summed E-state index contributed by atoms with van der Waals surface area (Å²) >= 11 is -0.473. The van der Waals surface area contributed by atoms with Crippen LogP contribution in [0.4, 0.5) is 0 Å². The molecule has 0 aromatic rings. The largest absolute Gasteiger partial charge is 0.665 e. The van der Waals surface area contributed by atoms with E-state index < -0.39 is 18.2 Å².